The third kappa shape index (κ3) is 3.50. The predicted octanol–water partition coefficient (Wildman–Crippen LogP) is 3.26. The van der Waals surface area contributed by atoms with E-state index >= 15 is 0 Å². The van der Waals surface area contributed by atoms with Crippen LogP contribution in [0.3, 0.4) is 0 Å². The second kappa shape index (κ2) is 6.39. The van der Waals surface area contributed by atoms with Crippen molar-refractivity contribution >= 4 is 38.6 Å². The van der Waals surface area contributed by atoms with Crippen LogP contribution in [0.25, 0.3) is 10.6 Å². The van der Waals surface area contributed by atoms with Crippen molar-refractivity contribution < 1.29 is 8.42 Å². The Morgan fingerprint density at radius 3 is 2.62 bits per heavy atom. The van der Waals surface area contributed by atoms with Crippen molar-refractivity contribution in [1.29, 1.82) is 0 Å². The molecule has 2 aromatic heterocycles. The van der Waals surface area contributed by atoms with Crippen LogP contribution in [0.4, 0.5) is 5.69 Å². The molecule has 0 aliphatic heterocycles. The van der Waals surface area contributed by atoms with Gasteiger partial charge in [0.25, 0.3) is 15.6 Å². The first kappa shape index (κ1) is 16.7. The molecule has 2 N–H and O–H groups in total. The van der Waals surface area contributed by atoms with E-state index in [1.54, 1.807) is 24.3 Å². The van der Waals surface area contributed by atoms with Crippen LogP contribution in [0.1, 0.15) is 5.56 Å². The number of hydrogen-bond acceptors (Lipinski definition) is 5. The lowest BCUT2D eigenvalue weighted by Crippen LogP contribution is -2.11. The zero-order chi connectivity index (χ0) is 17.3. The summed E-state index contributed by atoms with van der Waals surface area (Å²) in [4.78, 5) is 11.7. The Bertz CT molecular complexity index is 1040. The normalized spacial score (nSPS) is 11.4. The Balaban J connectivity index is 1.89. The molecular weight excluding hydrogens is 370 g/mol. The van der Waals surface area contributed by atoms with Gasteiger partial charge in [-0.1, -0.05) is 17.7 Å². The van der Waals surface area contributed by atoms with Gasteiger partial charge in [0, 0.05) is 11.1 Å². The van der Waals surface area contributed by atoms with Crippen molar-refractivity contribution in [2.45, 2.75) is 11.1 Å². The maximum absolute atomic E-state index is 12.5. The number of H-pyrrole nitrogens is 1. The summed E-state index contributed by atoms with van der Waals surface area (Å²) in [6.45, 7) is 1.84. The molecule has 9 heteroatoms. The van der Waals surface area contributed by atoms with Gasteiger partial charge in [0.1, 0.15) is 9.90 Å². The van der Waals surface area contributed by atoms with Gasteiger partial charge in [-0.3, -0.25) is 9.52 Å². The molecule has 0 aliphatic rings. The second-order valence-corrected chi connectivity index (χ2v) is 8.39. The highest BCUT2D eigenvalue weighted by atomic mass is 35.5. The highest BCUT2D eigenvalue weighted by Crippen LogP contribution is 2.30. The number of aromatic nitrogens is 2. The Kier molecular flexibility index (Phi) is 4.44. The fourth-order valence-electron chi connectivity index (χ4n) is 1.95. The lowest BCUT2D eigenvalue weighted by atomic mass is 10.2. The third-order valence-electron chi connectivity index (χ3n) is 3.20. The van der Waals surface area contributed by atoms with Crippen LogP contribution in [0.2, 0.25) is 5.02 Å². The van der Waals surface area contributed by atoms with Crippen molar-refractivity contribution in [2.75, 3.05) is 4.72 Å². The third-order valence-corrected chi connectivity index (χ3v) is 6.59. The van der Waals surface area contributed by atoms with E-state index in [9.17, 15) is 13.2 Å². The van der Waals surface area contributed by atoms with Gasteiger partial charge in [-0.25, -0.2) is 13.5 Å². The van der Waals surface area contributed by atoms with E-state index in [1.807, 2.05) is 6.92 Å². The van der Waals surface area contributed by atoms with Gasteiger partial charge in [0.15, 0.2) is 0 Å². The fraction of sp³-hybridized carbons (Fsp3) is 0.0667. The quantitative estimate of drug-likeness (QED) is 0.725. The van der Waals surface area contributed by atoms with Gasteiger partial charge in [-0.05, 0) is 42.8 Å². The van der Waals surface area contributed by atoms with Crippen molar-refractivity contribution in [3.8, 4) is 10.6 Å². The molecule has 6 nitrogen and oxygen atoms in total. The summed E-state index contributed by atoms with van der Waals surface area (Å²) in [5.74, 6) is 0. The lowest BCUT2D eigenvalue weighted by molar-refractivity contribution is 0.603. The van der Waals surface area contributed by atoms with Crippen molar-refractivity contribution in [2.24, 2.45) is 0 Å². The summed E-state index contributed by atoms with van der Waals surface area (Å²) < 4.78 is 27.6. The number of sulfonamides is 1. The molecule has 3 rings (SSSR count). The summed E-state index contributed by atoms with van der Waals surface area (Å²) in [5, 5.41) is 6.69. The minimum absolute atomic E-state index is 0.141. The standard InChI is InChI=1S/C15H12ClN3O3S2/c1-9-2-3-10(8-11(9)16)19-24(21,22)15-7-5-13(23-15)12-4-6-14(20)18-17-12/h2-8,19H,1H3,(H,18,20). The molecule has 0 unspecified atom stereocenters. The number of thiophene rings is 1. The molecule has 124 valence electrons. The average molecular weight is 382 g/mol. The van der Waals surface area contributed by atoms with Gasteiger partial charge in [-0.2, -0.15) is 5.10 Å². The Hall–Kier alpha value is -2.16. The Morgan fingerprint density at radius 1 is 1.17 bits per heavy atom. The van der Waals surface area contributed by atoms with Crippen LogP contribution in [0.15, 0.2) is 51.5 Å². The van der Waals surface area contributed by atoms with E-state index in [4.69, 9.17) is 11.6 Å². The molecule has 0 amide bonds. The number of nitrogens with zero attached hydrogens (tertiary/aromatic N) is 1. The summed E-state index contributed by atoms with van der Waals surface area (Å²) in [6.07, 6.45) is 0. The van der Waals surface area contributed by atoms with Crippen LogP contribution in [0, 0.1) is 6.92 Å². The molecule has 0 saturated carbocycles. The van der Waals surface area contributed by atoms with Gasteiger partial charge in [0.05, 0.1) is 10.6 Å². The van der Waals surface area contributed by atoms with E-state index in [1.165, 1.54) is 18.2 Å². The van der Waals surface area contributed by atoms with Crippen molar-refractivity contribution in [1.82, 2.24) is 10.2 Å². The minimum atomic E-state index is -3.73. The minimum Gasteiger partial charge on any atom is -0.279 e. The topological polar surface area (TPSA) is 91.9 Å². The summed E-state index contributed by atoms with van der Waals surface area (Å²) in [5.41, 5.74) is 1.44. The molecule has 0 fully saturated rings. The first-order valence-electron chi connectivity index (χ1n) is 6.80. The number of nitrogens with one attached hydrogen (secondary N) is 2. The Labute approximate surface area is 147 Å². The Morgan fingerprint density at radius 2 is 1.96 bits per heavy atom. The number of aromatic amines is 1. The van der Waals surface area contributed by atoms with Crippen LogP contribution >= 0.6 is 22.9 Å². The van der Waals surface area contributed by atoms with Gasteiger partial charge >= 0.3 is 0 Å². The zero-order valence-electron chi connectivity index (χ0n) is 12.4. The molecule has 0 bridgehead atoms. The second-order valence-electron chi connectivity index (χ2n) is 4.99. The van der Waals surface area contributed by atoms with Crippen molar-refractivity contribution in [3.05, 3.63) is 63.4 Å². The number of halogens is 1. The summed E-state index contributed by atoms with van der Waals surface area (Å²) >= 11 is 7.07. The molecule has 24 heavy (non-hydrogen) atoms. The molecule has 0 radical (unpaired) electrons. The summed E-state index contributed by atoms with van der Waals surface area (Å²) in [6, 6.07) is 11.0. The average Bonchev–Trinajstić information content (AvgIpc) is 3.02. The SMILES string of the molecule is Cc1ccc(NS(=O)(=O)c2ccc(-c3ccc(=O)[nH]n3)s2)cc1Cl. The van der Waals surface area contributed by atoms with E-state index in [0.717, 1.165) is 16.9 Å². The summed E-state index contributed by atoms with van der Waals surface area (Å²) in [7, 11) is -3.73. The maximum Gasteiger partial charge on any atom is 0.271 e. The smallest absolute Gasteiger partial charge is 0.271 e. The first-order chi connectivity index (χ1) is 11.3. The molecule has 3 aromatic rings. The van der Waals surface area contributed by atoms with Crippen molar-refractivity contribution in [3.63, 3.8) is 0 Å². The molecule has 2 heterocycles. The largest absolute Gasteiger partial charge is 0.279 e. The zero-order valence-corrected chi connectivity index (χ0v) is 14.8. The number of rotatable bonds is 4. The van der Waals surface area contributed by atoms with Gasteiger partial charge in [0.2, 0.25) is 0 Å². The van der Waals surface area contributed by atoms with Crippen LogP contribution in [-0.2, 0) is 10.0 Å². The van der Waals surface area contributed by atoms with E-state index in [-0.39, 0.29) is 9.77 Å². The lowest BCUT2D eigenvalue weighted by Gasteiger charge is -2.07. The monoisotopic (exact) mass is 381 g/mol. The van der Waals surface area contributed by atoms with Crippen LogP contribution in [0.5, 0.6) is 0 Å². The number of benzene rings is 1. The first-order valence-corrected chi connectivity index (χ1v) is 9.48. The number of anilines is 1. The molecule has 0 spiro atoms. The number of aryl methyl sites for hydroxylation is 1. The van der Waals surface area contributed by atoms with E-state index in [0.29, 0.717) is 21.3 Å². The van der Waals surface area contributed by atoms with Gasteiger partial charge < -0.3 is 0 Å². The highest BCUT2D eigenvalue weighted by molar-refractivity contribution is 7.94. The van der Waals surface area contributed by atoms with Crippen LogP contribution in [-0.4, -0.2) is 18.6 Å². The predicted molar refractivity (Wildman–Crippen MR) is 95.2 cm³/mol. The maximum atomic E-state index is 12.5. The molecular formula is C15H12ClN3O3S2. The van der Waals surface area contributed by atoms with Crippen LogP contribution < -0.4 is 10.3 Å². The molecule has 0 aliphatic carbocycles. The van der Waals surface area contributed by atoms with Gasteiger partial charge in [-0.15, -0.1) is 11.3 Å². The fourth-order valence-corrected chi connectivity index (χ4v) is 4.45. The van der Waals surface area contributed by atoms with E-state index < -0.39 is 10.0 Å². The molecule has 0 atom stereocenters. The highest BCUT2D eigenvalue weighted by Gasteiger charge is 2.18. The molecule has 1 aromatic carbocycles. The number of hydrogen-bond donors (Lipinski definition) is 2. The molecule has 0 saturated heterocycles. The van der Waals surface area contributed by atoms with E-state index in [2.05, 4.69) is 14.9 Å².